The number of ether oxygens (including phenoxy) is 1. The van der Waals surface area contributed by atoms with Crippen LogP contribution in [0.2, 0.25) is 5.02 Å². The highest BCUT2D eigenvalue weighted by atomic mass is 35.5. The number of carbonyl (C=O) groups excluding carboxylic acids is 1. The third-order valence-corrected chi connectivity index (χ3v) is 6.32. The smallest absolute Gasteiger partial charge is 0.252 e. The molecule has 0 radical (unpaired) electrons. The fourth-order valence-electron chi connectivity index (χ4n) is 4.02. The van der Waals surface area contributed by atoms with E-state index in [1.807, 2.05) is 44.2 Å². The van der Waals surface area contributed by atoms with Crippen LogP contribution < -0.4 is 10.1 Å². The van der Waals surface area contributed by atoms with E-state index in [2.05, 4.69) is 20.9 Å². The zero-order chi connectivity index (χ0) is 23.9. The van der Waals surface area contributed by atoms with Gasteiger partial charge in [-0.1, -0.05) is 23.7 Å². The number of benzene rings is 2. The standard InChI is InChI=1S/C27H29ClN4O2/c1-19-16-22(17-20(2)26(19)28)34-15-7-14-32-24-10-4-3-9-23(24)31-25(32)11-6-13-30-27(33)21-8-5-12-29-18-21/h3-5,8-10,12,16-18H,6-7,11,13-15H2,1-2H3,(H,30,33). The number of nitrogens with one attached hydrogen (secondary N) is 1. The molecule has 1 N–H and O–H groups in total. The fraction of sp³-hybridized carbons (Fsp3) is 0.296. The number of rotatable bonds is 10. The summed E-state index contributed by atoms with van der Waals surface area (Å²) in [7, 11) is 0. The molecule has 4 aromatic rings. The Morgan fingerprint density at radius 1 is 1.09 bits per heavy atom. The van der Waals surface area contributed by atoms with Gasteiger partial charge in [-0.15, -0.1) is 0 Å². The summed E-state index contributed by atoms with van der Waals surface area (Å²) in [6.45, 7) is 5.98. The Morgan fingerprint density at radius 3 is 2.65 bits per heavy atom. The minimum absolute atomic E-state index is 0.105. The van der Waals surface area contributed by atoms with Crippen LogP contribution >= 0.6 is 11.6 Å². The largest absolute Gasteiger partial charge is 0.494 e. The fourth-order valence-corrected chi connectivity index (χ4v) is 4.12. The average Bonchev–Trinajstić information content (AvgIpc) is 3.20. The molecule has 6 nitrogen and oxygen atoms in total. The van der Waals surface area contributed by atoms with Gasteiger partial charge in [-0.05, 0) is 74.2 Å². The molecule has 7 heteroatoms. The summed E-state index contributed by atoms with van der Waals surface area (Å²) in [5.74, 6) is 1.76. The highest BCUT2D eigenvalue weighted by Gasteiger charge is 2.11. The predicted molar refractivity (Wildman–Crippen MR) is 136 cm³/mol. The lowest BCUT2D eigenvalue weighted by Gasteiger charge is -2.12. The molecule has 2 heterocycles. The van der Waals surface area contributed by atoms with Crippen LogP contribution in [0.15, 0.2) is 60.9 Å². The van der Waals surface area contributed by atoms with Crippen molar-refractivity contribution in [2.75, 3.05) is 13.2 Å². The number of para-hydroxylation sites is 2. The predicted octanol–water partition coefficient (Wildman–Crippen LogP) is 5.53. The number of hydrogen-bond acceptors (Lipinski definition) is 4. The Bertz CT molecular complexity index is 1250. The van der Waals surface area contributed by atoms with Gasteiger partial charge in [-0.3, -0.25) is 9.78 Å². The van der Waals surface area contributed by atoms with Crippen LogP contribution in [0.1, 0.15) is 40.2 Å². The molecule has 4 rings (SSSR count). The second kappa shape index (κ2) is 11.2. The quantitative estimate of drug-likeness (QED) is 0.305. The second-order valence-electron chi connectivity index (χ2n) is 8.34. The van der Waals surface area contributed by atoms with Gasteiger partial charge in [0.1, 0.15) is 11.6 Å². The molecule has 0 spiro atoms. The molecule has 0 aliphatic heterocycles. The molecule has 34 heavy (non-hydrogen) atoms. The molecule has 2 aromatic carbocycles. The zero-order valence-electron chi connectivity index (χ0n) is 19.6. The van der Waals surface area contributed by atoms with Crippen molar-refractivity contribution in [3.8, 4) is 5.75 Å². The maximum atomic E-state index is 12.2. The minimum atomic E-state index is -0.105. The number of nitrogens with zero attached hydrogens (tertiary/aromatic N) is 3. The van der Waals surface area contributed by atoms with Crippen LogP contribution in [0.5, 0.6) is 5.75 Å². The molecule has 0 aliphatic rings. The van der Waals surface area contributed by atoms with E-state index in [4.69, 9.17) is 21.3 Å². The Kier molecular flexibility index (Phi) is 7.80. The van der Waals surface area contributed by atoms with Crippen LogP contribution in [-0.2, 0) is 13.0 Å². The molecule has 0 atom stereocenters. The van der Waals surface area contributed by atoms with Gasteiger partial charge in [0.25, 0.3) is 5.91 Å². The van der Waals surface area contributed by atoms with Crippen LogP contribution in [-0.4, -0.2) is 33.6 Å². The Labute approximate surface area is 204 Å². The van der Waals surface area contributed by atoms with Crippen molar-refractivity contribution < 1.29 is 9.53 Å². The van der Waals surface area contributed by atoms with Gasteiger partial charge in [-0.25, -0.2) is 4.98 Å². The van der Waals surface area contributed by atoms with Crippen molar-refractivity contribution >= 4 is 28.5 Å². The summed E-state index contributed by atoms with van der Waals surface area (Å²) in [5, 5.41) is 3.75. The molecule has 2 aromatic heterocycles. The van der Waals surface area contributed by atoms with Crippen molar-refractivity contribution in [2.24, 2.45) is 0 Å². The van der Waals surface area contributed by atoms with Crippen molar-refractivity contribution in [1.82, 2.24) is 19.9 Å². The summed E-state index contributed by atoms with van der Waals surface area (Å²) < 4.78 is 8.26. The van der Waals surface area contributed by atoms with Crippen molar-refractivity contribution in [3.63, 3.8) is 0 Å². The lowest BCUT2D eigenvalue weighted by molar-refractivity contribution is 0.0952. The number of pyridine rings is 1. The third-order valence-electron chi connectivity index (χ3n) is 5.72. The van der Waals surface area contributed by atoms with E-state index < -0.39 is 0 Å². The van der Waals surface area contributed by atoms with E-state index in [0.717, 1.165) is 64.6 Å². The summed E-state index contributed by atoms with van der Waals surface area (Å²) in [6, 6.07) is 15.7. The van der Waals surface area contributed by atoms with Crippen molar-refractivity contribution in [3.05, 3.63) is 88.5 Å². The van der Waals surface area contributed by atoms with E-state index in [-0.39, 0.29) is 5.91 Å². The normalized spacial score (nSPS) is 11.0. The van der Waals surface area contributed by atoms with E-state index >= 15 is 0 Å². The third kappa shape index (κ3) is 5.75. The number of amides is 1. The van der Waals surface area contributed by atoms with Gasteiger partial charge >= 0.3 is 0 Å². The first-order valence-corrected chi connectivity index (χ1v) is 11.9. The van der Waals surface area contributed by atoms with Gasteiger partial charge in [-0.2, -0.15) is 0 Å². The zero-order valence-corrected chi connectivity index (χ0v) is 20.3. The number of hydrogen-bond donors (Lipinski definition) is 1. The molecular formula is C27H29ClN4O2. The Balaban J connectivity index is 1.34. The number of aromatic nitrogens is 3. The molecular weight excluding hydrogens is 448 g/mol. The first kappa shape index (κ1) is 23.8. The van der Waals surface area contributed by atoms with E-state index in [9.17, 15) is 4.79 Å². The maximum absolute atomic E-state index is 12.2. The summed E-state index contributed by atoms with van der Waals surface area (Å²) >= 11 is 6.26. The molecule has 0 aliphatic carbocycles. The van der Waals surface area contributed by atoms with Crippen molar-refractivity contribution in [1.29, 1.82) is 0 Å². The van der Waals surface area contributed by atoms with Crippen molar-refractivity contribution in [2.45, 2.75) is 39.7 Å². The molecule has 0 unspecified atom stereocenters. The highest BCUT2D eigenvalue weighted by molar-refractivity contribution is 6.32. The lowest BCUT2D eigenvalue weighted by Crippen LogP contribution is -2.25. The first-order valence-electron chi connectivity index (χ1n) is 11.5. The molecule has 0 fully saturated rings. The second-order valence-corrected chi connectivity index (χ2v) is 8.72. The van der Waals surface area contributed by atoms with Crippen LogP contribution in [0.25, 0.3) is 11.0 Å². The Hall–Kier alpha value is -3.38. The maximum Gasteiger partial charge on any atom is 0.252 e. The Morgan fingerprint density at radius 2 is 1.88 bits per heavy atom. The molecule has 1 amide bonds. The van der Waals surface area contributed by atoms with Gasteiger partial charge in [0, 0.05) is 36.9 Å². The topological polar surface area (TPSA) is 69.0 Å². The minimum Gasteiger partial charge on any atom is -0.494 e. The lowest BCUT2D eigenvalue weighted by atomic mass is 10.1. The number of carbonyl (C=O) groups is 1. The number of aryl methyl sites for hydroxylation is 4. The SMILES string of the molecule is Cc1cc(OCCCn2c(CCCNC(=O)c3cccnc3)nc3ccccc32)cc(C)c1Cl. The number of halogens is 1. The van der Waals surface area contributed by atoms with Gasteiger partial charge < -0.3 is 14.6 Å². The van der Waals surface area contributed by atoms with E-state index in [1.54, 1.807) is 24.5 Å². The van der Waals surface area contributed by atoms with Crippen LogP contribution in [0.3, 0.4) is 0 Å². The molecule has 176 valence electrons. The molecule has 0 saturated heterocycles. The monoisotopic (exact) mass is 476 g/mol. The van der Waals surface area contributed by atoms with Crippen LogP contribution in [0, 0.1) is 13.8 Å². The van der Waals surface area contributed by atoms with Gasteiger partial charge in [0.15, 0.2) is 0 Å². The van der Waals surface area contributed by atoms with E-state index in [0.29, 0.717) is 18.7 Å². The molecule has 0 saturated carbocycles. The molecule has 0 bridgehead atoms. The average molecular weight is 477 g/mol. The highest BCUT2D eigenvalue weighted by Crippen LogP contribution is 2.26. The number of fused-ring (bicyclic) bond motifs is 1. The number of imidazole rings is 1. The van der Waals surface area contributed by atoms with Crippen LogP contribution in [0.4, 0.5) is 0 Å². The van der Waals surface area contributed by atoms with Gasteiger partial charge in [0.2, 0.25) is 0 Å². The summed E-state index contributed by atoms with van der Waals surface area (Å²) in [6.07, 6.45) is 5.66. The first-order chi connectivity index (χ1) is 16.5. The van der Waals surface area contributed by atoms with Gasteiger partial charge in [0.05, 0.1) is 23.2 Å². The summed E-state index contributed by atoms with van der Waals surface area (Å²) in [5.41, 5.74) is 4.73. The van der Waals surface area contributed by atoms with E-state index in [1.165, 1.54) is 0 Å². The summed E-state index contributed by atoms with van der Waals surface area (Å²) in [4.78, 5) is 21.1.